The molecule has 384 valence electrons. The van der Waals surface area contributed by atoms with Crippen molar-refractivity contribution < 1.29 is 57.9 Å². The largest absolute Gasteiger partial charge is 0.480 e. The van der Waals surface area contributed by atoms with Gasteiger partial charge in [0.1, 0.15) is 6.04 Å². The number of nitrogens with zero attached hydrogens (tertiary/aromatic N) is 5. The van der Waals surface area contributed by atoms with Crippen molar-refractivity contribution in [3.63, 3.8) is 0 Å². The zero-order valence-electron chi connectivity index (χ0n) is 40.5. The molecule has 0 spiro atoms. The van der Waals surface area contributed by atoms with Crippen molar-refractivity contribution in [3.05, 3.63) is 65.5 Å². The predicted molar refractivity (Wildman–Crippen MR) is 257 cm³/mol. The van der Waals surface area contributed by atoms with Crippen molar-refractivity contribution in [2.45, 2.75) is 89.3 Å². The molecule has 3 amide bonds. The minimum atomic E-state index is -2.05. The lowest BCUT2D eigenvalue weighted by molar-refractivity contribution is -0.215. The van der Waals surface area contributed by atoms with E-state index in [0.29, 0.717) is 36.2 Å². The van der Waals surface area contributed by atoms with E-state index in [1.807, 2.05) is 18.0 Å². The number of anilines is 3. The van der Waals surface area contributed by atoms with Gasteiger partial charge < -0.3 is 61.8 Å². The second-order valence-corrected chi connectivity index (χ2v) is 19.4. The van der Waals surface area contributed by atoms with E-state index in [0.717, 1.165) is 5.69 Å². The number of carbonyl (C=O) groups is 5. The Bertz CT molecular complexity index is 2550. The monoisotopic (exact) mass is 988 g/mol. The molecule has 4 aliphatic carbocycles. The molecule has 2 saturated carbocycles. The van der Waals surface area contributed by atoms with E-state index in [1.54, 1.807) is 57.3 Å². The highest BCUT2D eigenvalue weighted by Gasteiger charge is 2.75. The lowest BCUT2D eigenvalue weighted by Crippen LogP contribution is -2.69. The molecule has 2 aromatic heterocycles. The van der Waals surface area contributed by atoms with Gasteiger partial charge in [0.05, 0.1) is 64.2 Å². The normalized spacial score (nSPS) is 28.0. The summed E-state index contributed by atoms with van der Waals surface area (Å²) in [5.74, 6) is -4.40. The van der Waals surface area contributed by atoms with Crippen LogP contribution in [-0.4, -0.2) is 148 Å². The first-order valence-corrected chi connectivity index (χ1v) is 23.9. The number of carboxylic acid groups (broad SMARTS) is 1. The standard InChI is InChI=1S/C49H65FN10O11/c1-28-23-35-34-10-7-30-24-33(61)13-14-46(30,2)48(34,50)37(62)25-47(35,3)49(28,68)44(67)54-16-18-70-20-22-71-21-19-69-17-15-53-38(63)12-11-36(43(65)66)57-42(64)29-5-8-32(9-6-29)60(4)27-31-26-55-41-39(56-31)40(51)58-45(52)59-41/h5-9,13-14,26,28,34-37,62,68H,10-12,15-25,27H2,1-4H3,(H,53,63)(H,54,67)(H,57,64)(H,65,66)(H4,51,52,55,58,59)/t28-,34?,35+,36?,37+,46+,47+,48+,49+/m1/s1. The van der Waals surface area contributed by atoms with Crippen LogP contribution in [0.3, 0.4) is 0 Å². The Labute approximate surface area is 410 Å². The maximum atomic E-state index is 17.4. The Kier molecular flexibility index (Phi) is 16.0. The molecule has 10 N–H and O–H groups in total. The van der Waals surface area contributed by atoms with Gasteiger partial charge in [-0.3, -0.25) is 19.2 Å². The van der Waals surface area contributed by atoms with Crippen LogP contribution in [0.25, 0.3) is 11.2 Å². The summed E-state index contributed by atoms with van der Waals surface area (Å²) in [5, 5.41) is 41.4. The van der Waals surface area contributed by atoms with Gasteiger partial charge in [0.25, 0.3) is 11.8 Å². The van der Waals surface area contributed by atoms with Crippen molar-refractivity contribution in [1.82, 2.24) is 35.9 Å². The number of alkyl halides is 1. The number of nitrogen functional groups attached to an aromatic ring is 2. The molecule has 0 aliphatic heterocycles. The van der Waals surface area contributed by atoms with Crippen LogP contribution in [-0.2, 0) is 39.9 Å². The molecule has 71 heavy (non-hydrogen) atoms. The minimum absolute atomic E-state index is 0.00195. The van der Waals surface area contributed by atoms with Gasteiger partial charge in [0, 0.05) is 61.0 Å². The summed E-state index contributed by atoms with van der Waals surface area (Å²) in [4.78, 5) is 81.8. The van der Waals surface area contributed by atoms with Gasteiger partial charge in [-0.05, 0) is 74.8 Å². The maximum absolute atomic E-state index is 17.4. The van der Waals surface area contributed by atoms with Crippen LogP contribution in [0, 0.1) is 28.6 Å². The average molecular weight is 989 g/mol. The summed E-state index contributed by atoms with van der Waals surface area (Å²) in [6.07, 6.45) is 5.44. The fourth-order valence-electron chi connectivity index (χ4n) is 11.2. The van der Waals surface area contributed by atoms with E-state index >= 15 is 4.39 Å². The van der Waals surface area contributed by atoms with E-state index < -0.39 is 69.8 Å². The molecule has 1 aromatic carbocycles. The van der Waals surface area contributed by atoms with Crippen molar-refractivity contribution in [3.8, 4) is 0 Å². The highest BCUT2D eigenvalue weighted by molar-refractivity contribution is 5.97. The number of aliphatic hydroxyl groups is 2. The number of amides is 3. The highest BCUT2D eigenvalue weighted by Crippen LogP contribution is 2.70. The quantitative estimate of drug-likeness (QED) is 0.0526. The lowest BCUT2D eigenvalue weighted by Gasteiger charge is -2.61. The molecular weight excluding hydrogens is 924 g/mol. The SMILES string of the molecule is C[C@@H]1C[C@H]2C3CC=C4CC(=O)C=C[C@]4(C)[C@@]3(F)[C@@H](O)C[C@]2(C)[C@@]1(O)C(=O)NCCOCCOCCOCCNC(=O)CCC(NC(=O)c1ccc(N(C)Cc2cnc3nc(N)nc(N)c3n2)cc1)C(=O)O. The van der Waals surface area contributed by atoms with Crippen LogP contribution in [0.1, 0.15) is 75.3 Å². The number of hydrogen-bond acceptors (Lipinski definition) is 17. The molecule has 0 bridgehead atoms. The van der Waals surface area contributed by atoms with Gasteiger partial charge in [0.2, 0.25) is 11.9 Å². The summed E-state index contributed by atoms with van der Waals surface area (Å²) >= 11 is 0. The Hall–Kier alpha value is -6.20. The number of aromatic nitrogens is 4. The average Bonchev–Trinajstić information content (AvgIpc) is 3.53. The number of nitrogens with two attached hydrogens (primary N) is 2. The fourth-order valence-corrected chi connectivity index (χ4v) is 11.2. The van der Waals surface area contributed by atoms with Crippen LogP contribution in [0.2, 0.25) is 0 Å². The summed E-state index contributed by atoms with van der Waals surface area (Å²) in [7, 11) is 1.82. The Morgan fingerprint density at radius 1 is 0.958 bits per heavy atom. The Morgan fingerprint density at radius 3 is 2.30 bits per heavy atom. The van der Waals surface area contributed by atoms with Gasteiger partial charge in [-0.2, -0.15) is 9.97 Å². The molecule has 0 radical (unpaired) electrons. The van der Waals surface area contributed by atoms with E-state index in [1.165, 1.54) is 6.08 Å². The number of carboxylic acids is 1. The second-order valence-electron chi connectivity index (χ2n) is 19.4. The van der Waals surface area contributed by atoms with Crippen LogP contribution >= 0.6 is 0 Å². The Balaban J connectivity index is 0.730. The van der Waals surface area contributed by atoms with Crippen molar-refractivity contribution in [1.29, 1.82) is 0 Å². The molecule has 22 heteroatoms. The number of ketones is 1. The molecule has 0 saturated heterocycles. The van der Waals surface area contributed by atoms with Crippen LogP contribution in [0.4, 0.5) is 21.8 Å². The third-order valence-corrected chi connectivity index (χ3v) is 15.1. The molecule has 7 rings (SSSR count). The maximum Gasteiger partial charge on any atom is 0.326 e. The predicted octanol–water partition coefficient (Wildman–Crippen LogP) is 1.81. The van der Waals surface area contributed by atoms with Gasteiger partial charge >= 0.3 is 5.97 Å². The molecule has 2 heterocycles. The van der Waals surface area contributed by atoms with Crippen molar-refractivity contribution in [2.75, 3.05) is 76.1 Å². The van der Waals surface area contributed by atoms with Gasteiger partial charge in [-0.25, -0.2) is 19.2 Å². The number of rotatable bonds is 22. The fraction of sp³-hybridized carbons (Fsp3) is 0.571. The lowest BCUT2D eigenvalue weighted by atomic mass is 9.45. The number of aliphatic hydroxyl groups excluding tert-OH is 1. The number of ether oxygens (including phenoxy) is 3. The number of aliphatic carboxylic acids is 1. The summed E-state index contributed by atoms with van der Waals surface area (Å²) < 4.78 is 34.1. The number of hydrogen-bond donors (Lipinski definition) is 8. The number of allylic oxidation sites excluding steroid dienone is 4. The first kappa shape index (κ1) is 52.6. The zero-order chi connectivity index (χ0) is 51.3. The van der Waals surface area contributed by atoms with E-state index in [9.17, 15) is 39.3 Å². The van der Waals surface area contributed by atoms with E-state index in [-0.39, 0.29) is 113 Å². The minimum Gasteiger partial charge on any atom is -0.480 e. The van der Waals surface area contributed by atoms with Crippen LogP contribution < -0.4 is 32.3 Å². The number of benzene rings is 1. The second kappa shape index (κ2) is 21.7. The first-order valence-electron chi connectivity index (χ1n) is 23.9. The molecule has 2 unspecified atom stereocenters. The van der Waals surface area contributed by atoms with Crippen molar-refractivity contribution in [2.24, 2.45) is 28.6 Å². The molecule has 3 aromatic rings. The first-order chi connectivity index (χ1) is 33.7. The number of halogens is 1. The molecule has 4 aliphatic rings. The third-order valence-electron chi connectivity index (χ3n) is 15.1. The summed E-state index contributed by atoms with van der Waals surface area (Å²) in [6, 6.07) is 5.22. The number of fused-ring (bicyclic) bond motifs is 6. The molecule has 9 atom stereocenters. The van der Waals surface area contributed by atoms with Crippen molar-refractivity contribution >= 4 is 58.1 Å². The van der Waals surface area contributed by atoms with Crippen LogP contribution in [0.5, 0.6) is 0 Å². The van der Waals surface area contributed by atoms with Gasteiger partial charge in [-0.15, -0.1) is 0 Å². The zero-order valence-corrected chi connectivity index (χ0v) is 40.5. The van der Waals surface area contributed by atoms with Crippen LogP contribution in [0.15, 0.2) is 54.3 Å². The van der Waals surface area contributed by atoms with E-state index in [4.69, 9.17) is 25.7 Å². The number of carbonyl (C=O) groups excluding carboxylic acids is 4. The summed E-state index contributed by atoms with van der Waals surface area (Å²) in [5.41, 5.74) is 8.25. The topological polar surface area (TPSA) is 317 Å². The molecule has 2 fully saturated rings. The van der Waals surface area contributed by atoms with Gasteiger partial charge in [-0.1, -0.05) is 31.6 Å². The number of nitrogens with one attached hydrogen (secondary N) is 3. The Morgan fingerprint density at radius 2 is 1.62 bits per heavy atom. The molecule has 21 nitrogen and oxygen atoms in total. The summed E-state index contributed by atoms with van der Waals surface area (Å²) in [6.45, 7) is 7.22. The molecular formula is C49H65FN10O11. The van der Waals surface area contributed by atoms with Gasteiger partial charge in [0.15, 0.2) is 34.0 Å². The third kappa shape index (κ3) is 10.6. The smallest absolute Gasteiger partial charge is 0.326 e. The van der Waals surface area contributed by atoms with E-state index in [2.05, 4.69) is 35.9 Å². The highest BCUT2D eigenvalue weighted by atomic mass is 19.1.